The van der Waals surface area contributed by atoms with Gasteiger partial charge in [0.15, 0.2) is 0 Å². The molecule has 0 heterocycles. The fourth-order valence-corrected chi connectivity index (χ4v) is 0.952. The van der Waals surface area contributed by atoms with Gasteiger partial charge < -0.3 is 4.90 Å². The van der Waals surface area contributed by atoms with Crippen molar-refractivity contribution < 1.29 is 4.79 Å². The SMILES string of the molecule is CCCCN(C=O)C(C)CC. The molecular weight excluding hydrogens is 138 g/mol. The van der Waals surface area contributed by atoms with Gasteiger partial charge in [0.05, 0.1) is 0 Å². The van der Waals surface area contributed by atoms with E-state index in [0.717, 1.165) is 32.2 Å². The molecule has 1 unspecified atom stereocenters. The first kappa shape index (κ1) is 10.5. The highest BCUT2D eigenvalue weighted by Gasteiger charge is 2.07. The van der Waals surface area contributed by atoms with Crippen LogP contribution in [0.5, 0.6) is 0 Å². The number of unbranched alkanes of at least 4 members (excludes halogenated alkanes) is 1. The fraction of sp³-hybridized carbons (Fsp3) is 0.889. The Morgan fingerprint density at radius 3 is 2.45 bits per heavy atom. The Bertz CT molecular complexity index is 104. The largest absolute Gasteiger partial charge is 0.343 e. The molecule has 0 fully saturated rings. The van der Waals surface area contributed by atoms with Gasteiger partial charge in [-0.3, -0.25) is 4.79 Å². The predicted octanol–water partition coefficient (Wildman–Crippen LogP) is 2.04. The third kappa shape index (κ3) is 4.02. The molecule has 0 radical (unpaired) electrons. The van der Waals surface area contributed by atoms with Gasteiger partial charge in [-0.05, 0) is 19.8 Å². The molecule has 0 aromatic carbocycles. The predicted molar refractivity (Wildman–Crippen MR) is 47.4 cm³/mol. The standard InChI is InChI=1S/C9H19NO/c1-4-6-7-10(8-11)9(3)5-2/h8-9H,4-7H2,1-3H3. The molecule has 11 heavy (non-hydrogen) atoms. The average Bonchev–Trinajstić information content (AvgIpc) is 2.05. The summed E-state index contributed by atoms with van der Waals surface area (Å²) in [5, 5.41) is 0. The summed E-state index contributed by atoms with van der Waals surface area (Å²) >= 11 is 0. The number of rotatable bonds is 6. The molecule has 0 saturated heterocycles. The van der Waals surface area contributed by atoms with E-state index in [-0.39, 0.29) is 0 Å². The van der Waals surface area contributed by atoms with Gasteiger partial charge in [-0.15, -0.1) is 0 Å². The molecule has 0 aromatic heterocycles. The fourth-order valence-electron chi connectivity index (χ4n) is 0.952. The minimum atomic E-state index is 0.402. The molecule has 1 amide bonds. The Labute approximate surface area is 69.6 Å². The molecule has 2 heteroatoms. The summed E-state index contributed by atoms with van der Waals surface area (Å²) in [4.78, 5) is 12.4. The zero-order valence-corrected chi connectivity index (χ0v) is 7.84. The summed E-state index contributed by atoms with van der Waals surface area (Å²) in [7, 11) is 0. The second-order valence-electron chi connectivity index (χ2n) is 2.95. The van der Waals surface area contributed by atoms with Gasteiger partial charge in [0.1, 0.15) is 0 Å². The van der Waals surface area contributed by atoms with Crippen LogP contribution in [0.15, 0.2) is 0 Å². The van der Waals surface area contributed by atoms with Crippen molar-refractivity contribution in [3.05, 3.63) is 0 Å². The summed E-state index contributed by atoms with van der Waals surface area (Å²) < 4.78 is 0. The lowest BCUT2D eigenvalue weighted by Gasteiger charge is -2.23. The molecule has 0 N–H and O–H groups in total. The Morgan fingerprint density at radius 1 is 1.45 bits per heavy atom. The van der Waals surface area contributed by atoms with Gasteiger partial charge in [-0.25, -0.2) is 0 Å². The molecule has 0 aromatic rings. The van der Waals surface area contributed by atoms with Crippen molar-refractivity contribution in [3.8, 4) is 0 Å². The summed E-state index contributed by atoms with van der Waals surface area (Å²) in [5.74, 6) is 0. The summed E-state index contributed by atoms with van der Waals surface area (Å²) in [5.41, 5.74) is 0. The summed E-state index contributed by atoms with van der Waals surface area (Å²) in [6.45, 7) is 7.24. The highest BCUT2D eigenvalue weighted by Crippen LogP contribution is 2.02. The average molecular weight is 157 g/mol. The van der Waals surface area contributed by atoms with E-state index < -0.39 is 0 Å². The van der Waals surface area contributed by atoms with Crippen LogP contribution in [0.4, 0.5) is 0 Å². The molecular formula is C9H19NO. The van der Waals surface area contributed by atoms with Crippen LogP contribution in [0, 0.1) is 0 Å². The van der Waals surface area contributed by atoms with Crippen LogP contribution in [-0.2, 0) is 4.79 Å². The van der Waals surface area contributed by atoms with Crippen LogP contribution >= 0.6 is 0 Å². The molecule has 0 rings (SSSR count). The molecule has 0 aliphatic carbocycles. The van der Waals surface area contributed by atoms with E-state index in [1.807, 2.05) is 4.90 Å². The maximum atomic E-state index is 10.5. The lowest BCUT2D eigenvalue weighted by atomic mass is 10.2. The van der Waals surface area contributed by atoms with E-state index in [1.165, 1.54) is 0 Å². The molecule has 0 spiro atoms. The van der Waals surface area contributed by atoms with Crippen LogP contribution in [0.1, 0.15) is 40.0 Å². The zero-order valence-electron chi connectivity index (χ0n) is 7.84. The summed E-state index contributed by atoms with van der Waals surface area (Å²) in [6, 6.07) is 0.402. The third-order valence-corrected chi connectivity index (χ3v) is 2.06. The van der Waals surface area contributed by atoms with Crippen LogP contribution in [0.3, 0.4) is 0 Å². The van der Waals surface area contributed by atoms with Gasteiger partial charge >= 0.3 is 0 Å². The Kier molecular flexibility index (Phi) is 5.90. The van der Waals surface area contributed by atoms with Gasteiger partial charge in [0, 0.05) is 12.6 Å². The number of nitrogens with zero attached hydrogens (tertiary/aromatic N) is 1. The van der Waals surface area contributed by atoms with Crippen molar-refractivity contribution in [1.29, 1.82) is 0 Å². The first-order valence-electron chi connectivity index (χ1n) is 4.47. The third-order valence-electron chi connectivity index (χ3n) is 2.06. The molecule has 0 aliphatic heterocycles. The Morgan fingerprint density at radius 2 is 2.09 bits per heavy atom. The lowest BCUT2D eigenvalue weighted by Crippen LogP contribution is -2.32. The molecule has 0 aliphatic rings. The van der Waals surface area contributed by atoms with Gasteiger partial charge in [-0.2, -0.15) is 0 Å². The van der Waals surface area contributed by atoms with Crippen molar-refractivity contribution in [2.45, 2.75) is 46.1 Å². The first-order valence-corrected chi connectivity index (χ1v) is 4.47. The minimum Gasteiger partial charge on any atom is -0.343 e. The van der Waals surface area contributed by atoms with Crippen LogP contribution in [0.25, 0.3) is 0 Å². The van der Waals surface area contributed by atoms with E-state index in [0.29, 0.717) is 6.04 Å². The highest BCUT2D eigenvalue weighted by molar-refractivity contribution is 5.47. The maximum absolute atomic E-state index is 10.5. The first-order chi connectivity index (χ1) is 5.26. The molecule has 0 bridgehead atoms. The van der Waals surface area contributed by atoms with Gasteiger partial charge in [-0.1, -0.05) is 20.3 Å². The molecule has 66 valence electrons. The number of amides is 1. The van der Waals surface area contributed by atoms with E-state index >= 15 is 0 Å². The highest BCUT2D eigenvalue weighted by atomic mass is 16.1. The van der Waals surface area contributed by atoms with E-state index in [1.54, 1.807) is 0 Å². The van der Waals surface area contributed by atoms with Crippen molar-refractivity contribution >= 4 is 6.41 Å². The normalized spacial score (nSPS) is 12.6. The van der Waals surface area contributed by atoms with Gasteiger partial charge in [0.25, 0.3) is 0 Å². The van der Waals surface area contributed by atoms with E-state index in [9.17, 15) is 4.79 Å². The lowest BCUT2D eigenvalue weighted by molar-refractivity contribution is -0.120. The second kappa shape index (κ2) is 6.20. The van der Waals surface area contributed by atoms with E-state index in [2.05, 4.69) is 20.8 Å². The second-order valence-corrected chi connectivity index (χ2v) is 2.95. The minimum absolute atomic E-state index is 0.402. The monoisotopic (exact) mass is 157 g/mol. The molecule has 1 atom stereocenters. The summed E-state index contributed by atoms with van der Waals surface area (Å²) in [6.07, 6.45) is 4.27. The van der Waals surface area contributed by atoms with Crippen LogP contribution < -0.4 is 0 Å². The molecule has 0 saturated carbocycles. The number of carbonyl (C=O) groups excluding carboxylic acids is 1. The van der Waals surface area contributed by atoms with Crippen molar-refractivity contribution in [2.75, 3.05) is 6.54 Å². The van der Waals surface area contributed by atoms with Crippen molar-refractivity contribution in [3.63, 3.8) is 0 Å². The topological polar surface area (TPSA) is 20.3 Å². The van der Waals surface area contributed by atoms with Gasteiger partial charge in [0.2, 0.25) is 6.41 Å². The van der Waals surface area contributed by atoms with Crippen LogP contribution in [-0.4, -0.2) is 23.9 Å². The zero-order chi connectivity index (χ0) is 8.69. The maximum Gasteiger partial charge on any atom is 0.209 e. The number of hydrogen-bond donors (Lipinski definition) is 0. The van der Waals surface area contributed by atoms with Crippen molar-refractivity contribution in [1.82, 2.24) is 4.90 Å². The quantitative estimate of drug-likeness (QED) is 0.540. The Balaban J connectivity index is 3.65. The van der Waals surface area contributed by atoms with Crippen LogP contribution in [0.2, 0.25) is 0 Å². The van der Waals surface area contributed by atoms with Crippen molar-refractivity contribution in [2.24, 2.45) is 0 Å². The Hall–Kier alpha value is -0.530. The number of hydrogen-bond acceptors (Lipinski definition) is 1. The smallest absolute Gasteiger partial charge is 0.209 e. The molecule has 2 nitrogen and oxygen atoms in total. The number of carbonyl (C=O) groups is 1. The van der Waals surface area contributed by atoms with E-state index in [4.69, 9.17) is 0 Å².